The first-order valence-electron chi connectivity index (χ1n) is 34.2. The van der Waals surface area contributed by atoms with Crippen LogP contribution in [0.2, 0.25) is 0 Å². The van der Waals surface area contributed by atoms with Crippen molar-refractivity contribution in [2.45, 2.75) is 222 Å². The van der Waals surface area contributed by atoms with E-state index in [1.54, 1.807) is 0 Å². The summed E-state index contributed by atoms with van der Waals surface area (Å²) < 4.78 is 52.5. The highest BCUT2D eigenvalue weighted by Gasteiger charge is 2.64. The van der Waals surface area contributed by atoms with Crippen molar-refractivity contribution in [3.05, 3.63) is 244 Å². The van der Waals surface area contributed by atoms with Gasteiger partial charge in [-0.2, -0.15) is 0 Å². The highest BCUT2D eigenvalue weighted by Crippen LogP contribution is 2.59. The van der Waals surface area contributed by atoms with Crippen molar-refractivity contribution < 1.29 is 37.2 Å². The minimum Gasteiger partial charge on any atom is -0.405 e. The fourth-order valence-electron chi connectivity index (χ4n) is 15.2. The average molecular weight is 1410 g/mol. The van der Waals surface area contributed by atoms with Crippen LogP contribution in [0.4, 0.5) is 0 Å². The van der Waals surface area contributed by atoms with E-state index in [1.807, 2.05) is 55.4 Å². The molecule has 6 aliphatic rings. The number of rotatable bonds is 7. The molecule has 0 spiro atoms. The molecule has 498 valence electrons. The second kappa shape index (κ2) is 24.2. The van der Waals surface area contributed by atoms with E-state index in [4.69, 9.17) is 37.2 Å². The molecule has 0 unspecified atom stereocenters. The molecule has 8 aromatic carbocycles. The molecule has 4 fully saturated rings. The molecule has 8 aromatic rings. The summed E-state index contributed by atoms with van der Waals surface area (Å²) in [4.78, 5) is 0. The fraction of sp³-hybridized carbons (Fsp3) is 0.415. The number of benzene rings is 8. The normalized spacial score (nSPS) is 20.8. The van der Waals surface area contributed by atoms with Crippen molar-refractivity contribution >= 4 is 71.0 Å². The number of hydrogen-bond donors (Lipinski definition) is 0. The molecule has 4 heterocycles. The molecule has 0 N–H and O–H groups in total. The molecule has 96 heavy (non-hydrogen) atoms. The SMILES string of the molecule is CC1(C)OB(B2OC(C)(C)C(C)(C)O2)OC1(C)C.Cc1cc(C)cc(C2(c3cc(C)cc(C)c3)c3cc(B4OC(C)(C)C(C)(C)O4)ccc3-c3ccc(B4OC(C)(C)C(C)(C)O4)cc32)c1.Cc1cc(C)cc(C2(c3cc(C)cc(C)c3)c3cc(Br)ccc3-c3ccc(Br)cc32)c1. The van der Waals surface area contributed by atoms with Crippen LogP contribution in [0.3, 0.4) is 0 Å². The van der Waals surface area contributed by atoms with Gasteiger partial charge in [0.2, 0.25) is 0 Å². The summed E-state index contributed by atoms with van der Waals surface area (Å²) in [6, 6.07) is 55.1. The highest BCUT2D eigenvalue weighted by atomic mass is 79.9. The third-order valence-corrected chi connectivity index (χ3v) is 23.7. The lowest BCUT2D eigenvalue weighted by molar-refractivity contribution is 0.00578. The standard InChI is InChI=1S/C41H48B2O4.C29H24Br2.C12H24B2O4/c1-25-17-26(2)20-29(19-25)41(30-21-27(3)18-28(4)22-30)35-23-31(42-44-37(5,6)38(7,8)45-42)13-15-33(35)34-16-14-32(24-36(34)41)43-46-39(9,10)40(11,12)47-43;1-17-9-18(2)12-21(11-17)29(22-13-19(3)10-20(4)14-22)27-15-23(30)5-7-25(27)26-8-6-24(31)16-28(26)29;1-9(2)10(3,4)16-13(15-9)14-17-11(5,6)12(7,8)18-14/h13-24H,1-12H3;5-16H,1-4H3;1-8H3. The first-order valence-corrected chi connectivity index (χ1v) is 35.8. The first-order chi connectivity index (χ1) is 44.5. The lowest BCUT2D eigenvalue weighted by Gasteiger charge is -2.35. The van der Waals surface area contributed by atoms with Crippen molar-refractivity contribution in [3.63, 3.8) is 0 Å². The van der Waals surface area contributed by atoms with Gasteiger partial charge in [-0.1, -0.05) is 198 Å². The molecule has 0 aromatic heterocycles. The smallest absolute Gasteiger partial charge is 0.405 e. The second-order valence-corrected chi connectivity index (χ2v) is 34.3. The maximum atomic E-state index is 6.61. The summed E-state index contributed by atoms with van der Waals surface area (Å²) in [6.07, 6.45) is 0. The summed E-state index contributed by atoms with van der Waals surface area (Å²) in [5, 5.41) is 0. The third kappa shape index (κ3) is 12.0. The van der Waals surface area contributed by atoms with E-state index in [2.05, 4.69) is 288 Å². The monoisotopic (exact) mass is 1410 g/mol. The van der Waals surface area contributed by atoms with Gasteiger partial charge in [0.15, 0.2) is 0 Å². The number of aryl methyl sites for hydroxylation is 8. The number of fused-ring (bicyclic) bond motifs is 6. The van der Waals surface area contributed by atoms with Crippen LogP contribution in [0.15, 0.2) is 155 Å². The van der Waals surface area contributed by atoms with Gasteiger partial charge in [0.1, 0.15) is 0 Å². The zero-order valence-electron chi connectivity index (χ0n) is 61.2. The Balaban J connectivity index is 0.000000153. The van der Waals surface area contributed by atoms with Crippen molar-refractivity contribution in [1.82, 2.24) is 0 Å². The Morgan fingerprint density at radius 1 is 0.240 bits per heavy atom. The Labute approximate surface area is 591 Å². The Morgan fingerprint density at radius 3 is 0.667 bits per heavy atom. The maximum Gasteiger partial charge on any atom is 0.494 e. The van der Waals surface area contributed by atoms with E-state index in [0.29, 0.717) is 0 Å². The highest BCUT2D eigenvalue weighted by molar-refractivity contribution is 9.10. The van der Waals surface area contributed by atoms with Crippen molar-refractivity contribution in [2.75, 3.05) is 0 Å². The van der Waals surface area contributed by atoms with Gasteiger partial charge in [-0.05, 0) is 268 Å². The Morgan fingerprint density at radius 2 is 0.438 bits per heavy atom. The van der Waals surface area contributed by atoms with E-state index in [0.717, 1.165) is 19.9 Å². The van der Waals surface area contributed by atoms with Gasteiger partial charge in [-0.3, -0.25) is 0 Å². The predicted octanol–water partition coefficient (Wildman–Crippen LogP) is 18.9. The molecule has 4 saturated heterocycles. The summed E-state index contributed by atoms with van der Waals surface area (Å²) in [5.41, 5.74) is 23.4. The van der Waals surface area contributed by atoms with Crippen molar-refractivity contribution in [1.29, 1.82) is 0 Å². The second-order valence-electron chi connectivity index (χ2n) is 32.4. The topological polar surface area (TPSA) is 73.8 Å². The zero-order valence-corrected chi connectivity index (χ0v) is 64.4. The van der Waals surface area contributed by atoms with Crippen LogP contribution < -0.4 is 10.9 Å². The maximum absolute atomic E-state index is 6.61. The van der Waals surface area contributed by atoms with E-state index in [9.17, 15) is 0 Å². The number of hydrogen-bond acceptors (Lipinski definition) is 8. The van der Waals surface area contributed by atoms with Crippen LogP contribution in [0, 0.1) is 55.4 Å². The molecule has 0 amide bonds. The zero-order chi connectivity index (χ0) is 69.8. The predicted molar refractivity (Wildman–Crippen MR) is 404 cm³/mol. The van der Waals surface area contributed by atoms with E-state index >= 15 is 0 Å². The largest absolute Gasteiger partial charge is 0.494 e. The van der Waals surface area contributed by atoms with Gasteiger partial charge < -0.3 is 37.2 Å². The quantitative estimate of drug-likeness (QED) is 0.146. The van der Waals surface area contributed by atoms with E-state index in [-0.39, 0.29) is 27.8 Å². The minimum absolute atomic E-state index is 0.360. The molecule has 0 bridgehead atoms. The van der Waals surface area contributed by atoms with Crippen LogP contribution in [0.25, 0.3) is 22.3 Å². The van der Waals surface area contributed by atoms with Gasteiger partial charge >= 0.3 is 28.3 Å². The molecule has 0 saturated carbocycles. The van der Waals surface area contributed by atoms with Gasteiger partial charge in [0.05, 0.1) is 55.6 Å². The van der Waals surface area contributed by atoms with Gasteiger partial charge in [-0.15, -0.1) is 0 Å². The Bertz CT molecular complexity index is 3990. The lowest BCUT2D eigenvalue weighted by atomic mass is 9.49. The molecule has 8 nitrogen and oxygen atoms in total. The molecule has 2 aliphatic carbocycles. The molecule has 0 atom stereocenters. The third-order valence-electron chi connectivity index (χ3n) is 22.7. The number of halogens is 2. The van der Waals surface area contributed by atoms with Gasteiger partial charge in [0.25, 0.3) is 0 Å². The average Bonchev–Trinajstić information content (AvgIpc) is 1.52. The van der Waals surface area contributed by atoms with Gasteiger partial charge in [-0.25, -0.2) is 0 Å². The fourth-order valence-corrected chi connectivity index (χ4v) is 15.9. The minimum atomic E-state index is -0.600. The van der Waals surface area contributed by atoms with E-state index in [1.165, 1.54) is 111 Å². The van der Waals surface area contributed by atoms with Crippen LogP contribution in [-0.2, 0) is 48.1 Å². The van der Waals surface area contributed by atoms with Crippen LogP contribution in [0.1, 0.15) is 200 Å². The lowest BCUT2D eigenvalue weighted by Crippen LogP contribution is -2.41. The summed E-state index contributed by atoms with van der Waals surface area (Å²) >= 11 is 7.54. The Kier molecular flexibility index (Phi) is 17.8. The van der Waals surface area contributed by atoms with Crippen molar-refractivity contribution in [2.24, 2.45) is 0 Å². The van der Waals surface area contributed by atoms with Crippen LogP contribution >= 0.6 is 31.9 Å². The Hall–Kier alpha value is -5.34. The van der Waals surface area contributed by atoms with Crippen molar-refractivity contribution in [3.8, 4) is 22.3 Å². The molecule has 14 rings (SSSR count). The molecule has 0 radical (unpaired) electrons. The first kappa shape index (κ1) is 70.5. The molecule has 14 heteroatoms. The van der Waals surface area contributed by atoms with Crippen LogP contribution in [0.5, 0.6) is 0 Å². The van der Waals surface area contributed by atoms with Crippen LogP contribution in [-0.4, -0.2) is 73.1 Å². The summed E-state index contributed by atoms with van der Waals surface area (Å²) in [7, 11) is -1.89. The molecular formula is C82H96B4Br2O8. The molecule has 4 aliphatic heterocycles. The summed E-state index contributed by atoms with van der Waals surface area (Å²) in [5.74, 6) is 0. The van der Waals surface area contributed by atoms with Gasteiger partial charge in [0, 0.05) is 8.95 Å². The van der Waals surface area contributed by atoms with E-state index < -0.39 is 56.1 Å². The molecular weight excluding hydrogens is 1320 g/mol. The summed E-state index contributed by atoms with van der Waals surface area (Å²) in [6.45, 7) is 50.7.